The molecule has 1 radical (unpaired) electrons. The van der Waals surface area contributed by atoms with Crippen LogP contribution in [0.5, 0.6) is 0 Å². The van der Waals surface area contributed by atoms with Gasteiger partial charge in [0.25, 0.3) is 0 Å². The molecule has 0 bridgehead atoms. The van der Waals surface area contributed by atoms with Crippen molar-refractivity contribution in [1.29, 1.82) is 0 Å². The first-order valence-corrected chi connectivity index (χ1v) is 4.69. The topological polar surface area (TPSA) is 74.6 Å². The van der Waals surface area contributed by atoms with E-state index in [-0.39, 0.29) is 41.2 Å². The SMILES string of the molecule is O=[Te](=O)(O)O.[LiH].[Nb]. The van der Waals surface area contributed by atoms with Gasteiger partial charge in [-0.1, -0.05) is 0 Å². The fourth-order valence-electron chi connectivity index (χ4n) is 0. The van der Waals surface area contributed by atoms with Gasteiger partial charge in [-0.2, -0.15) is 0 Å². The van der Waals surface area contributed by atoms with Crippen LogP contribution in [0, 0.1) is 0 Å². The Kier molecular flexibility index (Phi) is 13.1. The second kappa shape index (κ2) is 5.78. The minimum Gasteiger partial charge on any atom is 0 e. The standard InChI is InChI=1S/Li.Nb.H2O4Te.H/c;;1-5(2,3)4;/h;;(H2,1,2,3,4);. The summed E-state index contributed by atoms with van der Waals surface area (Å²) in [6.45, 7) is 0. The van der Waals surface area contributed by atoms with Crippen molar-refractivity contribution in [2.45, 2.75) is 0 Å². The summed E-state index contributed by atoms with van der Waals surface area (Å²) in [7, 11) is 0. The zero-order chi connectivity index (χ0) is 4.50. The predicted molar refractivity (Wildman–Crippen MR) is 18.7 cm³/mol. The Morgan fingerprint density at radius 2 is 1.14 bits per heavy atom. The van der Waals surface area contributed by atoms with E-state index in [1.165, 1.54) is 0 Å². The van der Waals surface area contributed by atoms with Crippen LogP contribution in [0.15, 0.2) is 0 Å². The van der Waals surface area contributed by atoms with Gasteiger partial charge >= 0.3 is 51.0 Å². The first kappa shape index (κ1) is 15.9. The van der Waals surface area contributed by atoms with E-state index >= 15 is 0 Å². The maximum atomic E-state index is 8.85. The smallest absolute Gasteiger partial charge is 0 e. The molecule has 0 aromatic heterocycles. The minimum absolute atomic E-state index is 0. The van der Waals surface area contributed by atoms with E-state index in [4.69, 9.17) is 13.2 Å². The maximum Gasteiger partial charge on any atom is 0 e. The average Bonchev–Trinajstić information content (AvgIpc) is 0.722. The molecule has 0 saturated carbocycles. The van der Waals surface area contributed by atoms with Crippen molar-refractivity contribution in [2.75, 3.05) is 0 Å². The number of rotatable bonds is 0. The van der Waals surface area contributed by atoms with Gasteiger partial charge in [0.15, 0.2) is 0 Å². The zero-order valence-electron chi connectivity index (χ0n) is 2.57. The van der Waals surface area contributed by atoms with E-state index in [1.807, 2.05) is 0 Å². The Labute approximate surface area is 72.6 Å². The summed E-state index contributed by atoms with van der Waals surface area (Å²) < 4.78 is 32.0. The molecule has 7 heavy (non-hydrogen) atoms. The minimum atomic E-state index is -5.52. The monoisotopic (exact) mass is 297 g/mol. The molecule has 2 N–H and O–H groups in total. The van der Waals surface area contributed by atoms with Gasteiger partial charge in [-0.15, -0.1) is 0 Å². The van der Waals surface area contributed by atoms with Gasteiger partial charge < -0.3 is 0 Å². The largest absolute Gasteiger partial charge is 0 e. The molecule has 7 heteroatoms. The first-order valence-electron chi connectivity index (χ1n) is 0.698. The van der Waals surface area contributed by atoms with Crippen LogP contribution >= 0.6 is 0 Å². The molecule has 0 aromatic rings. The van der Waals surface area contributed by atoms with Crippen LogP contribution in [0.4, 0.5) is 0 Å². The van der Waals surface area contributed by atoms with Crippen molar-refractivity contribution in [1.82, 2.24) is 0 Å². The van der Waals surface area contributed by atoms with Gasteiger partial charge in [-0.3, -0.25) is 0 Å². The van der Waals surface area contributed by atoms with Crippen molar-refractivity contribution < 1.29 is 35.5 Å². The summed E-state index contributed by atoms with van der Waals surface area (Å²) >= 11 is -5.52. The van der Waals surface area contributed by atoms with Crippen LogP contribution in [0.1, 0.15) is 0 Å². The first-order chi connectivity index (χ1) is 2.00. The molecule has 0 rings (SSSR count). The van der Waals surface area contributed by atoms with Crippen molar-refractivity contribution in [3.05, 3.63) is 0 Å². The average molecular weight is 294 g/mol. The van der Waals surface area contributed by atoms with Gasteiger partial charge in [0.05, 0.1) is 0 Å². The summed E-state index contributed by atoms with van der Waals surface area (Å²) in [6, 6.07) is 0. The normalized spacial score (nSPS) is 8.29. The van der Waals surface area contributed by atoms with Crippen molar-refractivity contribution in [3.63, 3.8) is 0 Å². The molecule has 0 unspecified atom stereocenters. The summed E-state index contributed by atoms with van der Waals surface area (Å²) in [5.74, 6) is 0. The molecule has 0 aliphatic heterocycles. The van der Waals surface area contributed by atoms with Gasteiger partial charge in [0.1, 0.15) is 0 Å². The molecular weight excluding hydrogens is 291 g/mol. The van der Waals surface area contributed by atoms with Gasteiger partial charge in [0.2, 0.25) is 0 Å². The molecule has 0 fully saturated rings. The molecule has 4 nitrogen and oxygen atoms in total. The molecule has 0 aliphatic rings. The van der Waals surface area contributed by atoms with Crippen LogP contribution in [0.2, 0.25) is 0 Å². The third kappa shape index (κ3) is 89.9. The molecule has 0 aliphatic carbocycles. The van der Waals surface area contributed by atoms with E-state index in [9.17, 15) is 0 Å². The second-order valence-corrected chi connectivity index (χ2v) is 3.00. The van der Waals surface area contributed by atoms with Crippen molar-refractivity contribution in [2.24, 2.45) is 0 Å². The molecule has 0 saturated heterocycles. The van der Waals surface area contributed by atoms with Crippen molar-refractivity contribution >= 4 is 37.8 Å². The van der Waals surface area contributed by atoms with Gasteiger partial charge in [0, 0.05) is 22.4 Å². The fraction of sp³-hybridized carbons (Fsp3) is 0. The third-order valence-electron chi connectivity index (χ3n) is 0. The van der Waals surface area contributed by atoms with E-state index in [2.05, 4.69) is 0 Å². The maximum absolute atomic E-state index is 8.85. The molecule has 39 valence electrons. The quantitative estimate of drug-likeness (QED) is 0.489. The Morgan fingerprint density at radius 3 is 1.14 bits per heavy atom. The van der Waals surface area contributed by atoms with Crippen LogP contribution in [-0.4, -0.2) is 44.8 Å². The summed E-state index contributed by atoms with van der Waals surface area (Å²) in [6.07, 6.45) is 0. The third-order valence-corrected chi connectivity index (χ3v) is 0. The molecule has 0 spiro atoms. The van der Waals surface area contributed by atoms with Gasteiger partial charge in [-0.05, 0) is 0 Å². The van der Waals surface area contributed by atoms with E-state index < -0.39 is 19.0 Å². The molecule has 0 amide bonds. The number of hydrogen-bond acceptors (Lipinski definition) is 2. The van der Waals surface area contributed by atoms with Crippen LogP contribution in [0.3, 0.4) is 0 Å². The molecular formula is H3LiNbO4Te. The Morgan fingerprint density at radius 1 is 1.14 bits per heavy atom. The predicted octanol–water partition coefficient (Wildman–Crippen LogP) is -2.38. The Hall–Kier alpha value is 1.65. The molecule has 0 aromatic carbocycles. The fourth-order valence-corrected chi connectivity index (χ4v) is 0. The summed E-state index contributed by atoms with van der Waals surface area (Å²) in [5.41, 5.74) is 0. The van der Waals surface area contributed by atoms with Crippen LogP contribution in [0.25, 0.3) is 0 Å². The molecule has 0 heterocycles. The Balaban J connectivity index is -0.0000000800. The van der Waals surface area contributed by atoms with Crippen LogP contribution < -0.4 is 0 Å². The zero-order valence-corrected chi connectivity index (χ0v) is 7.10. The van der Waals surface area contributed by atoms with E-state index in [0.717, 1.165) is 0 Å². The molecule has 0 atom stereocenters. The summed E-state index contributed by atoms with van der Waals surface area (Å²) in [4.78, 5) is 0. The number of hydrogen-bond donors (Lipinski definition) is 2. The Bertz CT molecular complexity index is 94.9. The summed E-state index contributed by atoms with van der Waals surface area (Å²) in [5, 5.41) is 0. The van der Waals surface area contributed by atoms with Crippen LogP contribution in [-0.2, 0) is 28.6 Å². The van der Waals surface area contributed by atoms with Crippen molar-refractivity contribution in [3.8, 4) is 0 Å². The van der Waals surface area contributed by atoms with E-state index in [0.29, 0.717) is 0 Å². The second-order valence-electron chi connectivity index (χ2n) is 0.448. The van der Waals surface area contributed by atoms with E-state index in [1.54, 1.807) is 0 Å². The van der Waals surface area contributed by atoms with Gasteiger partial charge in [-0.25, -0.2) is 0 Å².